The number of hydrogen-bond acceptors (Lipinski definition) is 4. The van der Waals surface area contributed by atoms with Crippen LogP contribution in [0.3, 0.4) is 0 Å². The Labute approximate surface area is 161 Å². The number of nitrogens with zero attached hydrogens (tertiary/aromatic N) is 4. The summed E-state index contributed by atoms with van der Waals surface area (Å²) in [6, 6.07) is 9.93. The molecule has 2 aromatic heterocycles. The summed E-state index contributed by atoms with van der Waals surface area (Å²) in [7, 11) is 0. The molecule has 0 radical (unpaired) electrons. The summed E-state index contributed by atoms with van der Waals surface area (Å²) >= 11 is 6.03. The number of hydrogen-bond donors (Lipinski definition) is 1. The first-order valence-electron chi connectivity index (χ1n) is 8.88. The Morgan fingerprint density at radius 1 is 1.30 bits per heavy atom. The van der Waals surface area contributed by atoms with E-state index in [-0.39, 0.29) is 18.4 Å². The van der Waals surface area contributed by atoms with Crippen LogP contribution in [0.15, 0.2) is 42.6 Å². The summed E-state index contributed by atoms with van der Waals surface area (Å²) in [4.78, 5) is 14.7. The number of benzene rings is 1. The summed E-state index contributed by atoms with van der Waals surface area (Å²) in [5.74, 6) is 0.186. The molecule has 140 valence electrons. The summed E-state index contributed by atoms with van der Waals surface area (Å²) in [6.07, 6.45) is 3.64. The fraction of sp³-hybridized carbons (Fsp3) is 0.316. The number of pyridine rings is 1. The van der Waals surface area contributed by atoms with Gasteiger partial charge in [-0.3, -0.25) is 9.20 Å². The second-order valence-corrected chi connectivity index (χ2v) is 7.07. The third kappa shape index (κ3) is 3.73. The van der Waals surface area contributed by atoms with Gasteiger partial charge in [0.15, 0.2) is 5.65 Å². The third-order valence-electron chi connectivity index (χ3n) is 4.84. The van der Waals surface area contributed by atoms with E-state index in [4.69, 9.17) is 11.6 Å². The molecule has 4 rings (SSSR count). The van der Waals surface area contributed by atoms with Crippen molar-refractivity contribution in [2.45, 2.75) is 19.4 Å². The second kappa shape index (κ2) is 7.52. The molecule has 0 saturated carbocycles. The number of rotatable bonds is 4. The van der Waals surface area contributed by atoms with E-state index in [1.807, 2.05) is 28.8 Å². The Hall–Kier alpha value is -2.67. The van der Waals surface area contributed by atoms with Crippen LogP contribution in [0.5, 0.6) is 0 Å². The van der Waals surface area contributed by atoms with E-state index in [0.29, 0.717) is 17.1 Å². The number of amides is 1. The van der Waals surface area contributed by atoms with Gasteiger partial charge in [-0.05, 0) is 42.7 Å². The lowest BCUT2D eigenvalue weighted by molar-refractivity contribution is -0.125. The van der Waals surface area contributed by atoms with Crippen molar-refractivity contribution < 1.29 is 9.18 Å². The Morgan fingerprint density at radius 2 is 2.19 bits per heavy atom. The van der Waals surface area contributed by atoms with E-state index in [0.717, 1.165) is 31.0 Å². The van der Waals surface area contributed by atoms with Crippen molar-refractivity contribution in [2.75, 3.05) is 18.0 Å². The van der Waals surface area contributed by atoms with Gasteiger partial charge in [0.1, 0.15) is 5.82 Å². The summed E-state index contributed by atoms with van der Waals surface area (Å²) in [5.41, 5.74) is 1.48. The number of halogens is 2. The van der Waals surface area contributed by atoms with Crippen LogP contribution in [0.4, 0.5) is 10.3 Å². The molecule has 1 N–H and O–H groups in total. The normalized spacial score (nSPS) is 17.3. The molecule has 6 nitrogen and oxygen atoms in total. The highest BCUT2D eigenvalue weighted by Crippen LogP contribution is 2.23. The molecule has 0 bridgehead atoms. The summed E-state index contributed by atoms with van der Waals surface area (Å²) in [6.45, 7) is 1.70. The highest BCUT2D eigenvalue weighted by atomic mass is 35.5. The van der Waals surface area contributed by atoms with Gasteiger partial charge in [0, 0.05) is 30.9 Å². The Kier molecular flexibility index (Phi) is 4.94. The van der Waals surface area contributed by atoms with Crippen molar-refractivity contribution in [3.05, 3.63) is 59.0 Å². The van der Waals surface area contributed by atoms with E-state index in [1.165, 1.54) is 12.1 Å². The Balaban J connectivity index is 1.42. The van der Waals surface area contributed by atoms with Crippen LogP contribution >= 0.6 is 11.6 Å². The van der Waals surface area contributed by atoms with Crippen LogP contribution in [0.25, 0.3) is 5.65 Å². The van der Waals surface area contributed by atoms with Gasteiger partial charge >= 0.3 is 0 Å². The zero-order chi connectivity index (χ0) is 18.8. The molecule has 1 aliphatic heterocycles. The molecule has 1 unspecified atom stereocenters. The fourth-order valence-corrected chi connectivity index (χ4v) is 3.64. The Morgan fingerprint density at radius 3 is 3.04 bits per heavy atom. The van der Waals surface area contributed by atoms with Gasteiger partial charge in [-0.2, -0.15) is 0 Å². The maximum atomic E-state index is 13.1. The second-order valence-electron chi connectivity index (χ2n) is 6.67. The van der Waals surface area contributed by atoms with E-state index in [9.17, 15) is 9.18 Å². The van der Waals surface area contributed by atoms with Crippen LogP contribution in [0, 0.1) is 11.7 Å². The minimum absolute atomic E-state index is 0.0334. The first-order valence-corrected chi connectivity index (χ1v) is 9.26. The highest BCUT2D eigenvalue weighted by molar-refractivity contribution is 6.31. The van der Waals surface area contributed by atoms with Crippen LogP contribution < -0.4 is 10.2 Å². The average molecular weight is 388 g/mol. The molecule has 1 saturated heterocycles. The lowest BCUT2D eigenvalue weighted by Gasteiger charge is -2.32. The van der Waals surface area contributed by atoms with Crippen molar-refractivity contribution in [3.63, 3.8) is 0 Å². The maximum absolute atomic E-state index is 13.1. The van der Waals surface area contributed by atoms with Crippen molar-refractivity contribution in [3.8, 4) is 0 Å². The minimum atomic E-state index is -0.390. The van der Waals surface area contributed by atoms with Crippen LogP contribution in [-0.2, 0) is 11.3 Å². The number of carbonyl (C=O) groups excluding carboxylic acids is 1. The van der Waals surface area contributed by atoms with Gasteiger partial charge in [-0.15, -0.1) is 10.2 Å². The number of nitrogens with one attached hydrogen (secondary N) is 1. The van der Waals surface area contributed by atoms with E-state index >= 15 is 0 Å². The van der Waals surface area contributed by atoms with Gasteiger partial charge in [0.25, 0.3) is 0 Å². The SMILES string of the molecule is O=C(NCc1ccc(F)cc1Cl)C1CCCN(c2nnc3ccccn23)C1. The molecule has 0 spiro atoms. The standard InChI is InChI=1S/C19H19ClFN5O/c20-16-10-15(21)7-6-13(16)11-22-18(27)14-4-3-8-25(12-14)19-24-23-17-5-1-2-9-26(17)19/h1-2,5-7,9-10,14H,3-4,8,11-12H2,(H,22,27). The number of piperidine rings is 1. The first-order chi connectivity index (χ1) is 13.1. The van der Waals surface area contributed by atoms with Crippen molar-refractivity contribution >= 4 is 29.1 Å². The van der Waals surface area contributed by atoms with Crippen LogP contribution in [-0.4, -0.2) is 33.6 Å². The van der Waals surface area contributed by atoms with Gasteiger partial charge < -0.3 is 10.2 Å². The number of fused-ring (bicyclic) bond motifs is 1. The quantitative estimate of drug-likeness (QED) is 0.747. The van der Waals surface area contributed by atoms with Crippen molar-refractivity contribution in [1.82, 2.24) is 19.9 Å². The van der Waals surface area contributed by atoms with Crippen LogP contribution in [0.2, 0.25) is 5.02 Å². The molecule has 8 heteroatoms. The molecule has 1 fully saturated rings. The van der Waals surface area contributed by atoms with Crippen molar-refractivity contribution in [1.29, 1.82) is 0 Å². The van der Waals surface area contributed by atoms with Crippen LogP contribution in [0.1, 0.15) is 18.4 Å². The van der Waals surface area contributed by atoms with Gasteiger partial charge in [0.05, 0.1) is 5.92 Å². The average Bonchev–Trinajstić information content (AvgIpc) is 3.11. The number of carbonyl (C=O) groups is 1. The molecule has 3 aromatic rings. The largest absolute Gasteiger partial charge is 0.352 e. The molecule has 1 amide bonds. The summed E-state index contributed by atoms with van der Waals surface area (Å²) < 4.78 is 15.1. The molecule has 0 aliphatic carbocycles. The first kappa shape index (κ1) is 17.7. The molecule has 1 aromatic carbocycles. The van der Waals surface area contributed by atoms with E-state index < -0.39 is 5.82 Å². The monoisotopic (exact) mass is 387 g/mol. The van der Waals surface area contributed by atoms with Crippen molar-refractivity contribution in [2.24, 2.45) is 5.92 Å². The van der Waals surface area contributed by atoms with E-state index in [2.05, 4.69) is 20.4 Å². The lowest BCUT2D eigenvalue weighted by atomic mass is 9.97. The predicted molar refractivity (Wildman–Crippen MR) is 101 cm³/mol. The van der Waals surface area contributed by atoms with Gasteiger partial charge in [-0.25, -0.2) is 4.39 Å². The van der Waals surface area contributed by atoms with E-state index in [1.54, 1.807) is 6.07 Å². The summed E-state index contributed by atoms with van der Waals surface area (Å²) in [5, 5.41) is 11.7. The molecule has 3 heterocycles. The molecular formula is C19H19ClFN5O. The zero-order valence-corrected chi connectivity index (χ0v) is 15.4. The molecule has 1 aliphatic rings. The maximum Gasteiger partial charge on any atom is 0.231 e. The number of anilines is 1. The van der Waals surface area contributed by atoms with Gasteiger partial charge in [-0.1, -0.05) is 23.7 Å². The smallest absolute Gasteiger partial charge is 0.231 e. The third-order valence-corrected chi connectivity index (χ3v) is 5.19. The topological polar surface area (TPSA) is 62.5 Å². The minimum Gasteiger partial charge on any atom is -0.352 e. The van der Waals surface area contributed by atoms with Gasteiger partial charge in [0.2, 0.25) is 11.9 Å². The fourth-order valence-electron chi connectivity index (χ4n) is 3.41. The zero-order valence-electron chi connectivity index (χ0n) is 14.6. The molecule has 1 atom stereocenters. The molecule has 27 heavy (non-hydrogen) atoms. The highest BCUT2D eigenvalue weighted by Gasteiger charge is 2.28. The number of aromatic nitrogens is 3. The molecular weight excluding hydrogens is 369 g/mol. The predicted octanol–water partition coefficient (Wildman–Crippen LogP) is 3.05. The Bertz CT molecular complexity index is 976. The lowest BCUT2D eigenvalue weighted by Crippen LogP contribution is -2.43.